The Hall–Kier alpha value is -2.50. The van der Waals surface area contributed by atoms with Crippen molar-refractivity contribution in [2.24, 2.45) is 10.9 Å². The van der Waals surface area contributed by atoms with Gasteiger partial charge in [0.2, 0.25) is 0 Å². The fourth-order valence-corrected chi connectivity index (χ4v) is 1.43. The van der Waals surface area contributed by atoms with Crippen LogP contribution < -0.4 is 10.5 Å². The molecule has 0 atom stereocenters. The van der Waals surface area contributed by atoms with Crippen molar-refractivity contribution in [1.29, 1.82) is 0 Å². The first kappa shape index (κ1) is 12.0. The average Bonchev–Trinajstić information content (AvgIpc) is 2.89. The molecule has 0 radical (unpaired) electrons. The molecule has 0 saturated carbocycles. The molecule has 0 aliphatic rings. The average molecular weight is 250 g/mol. The minimum Gasteiger partial charge on any atom is -0.485 e. The Morgan fingerprint density at radius 1 is 1.44 bits per heavy atom. The monoisotopic (exact) mass is 250 g/mol. The lowest BCUT2D eigenvalue weighted by Crippen LogP contribution is -2.15. The largest absolute Gasteiger partial charge is 0.485 e. The first-order chi connectivity index (χ1) is 8.70. The van der Waals surface area contributed by atoms with E-state index in [1.165, 1.54) is 18.4 Å². The highest BCUT2D eigenvalue weighted by atomic mass is 19.1. The lowest BCUT2D eigenvalue weighted by atomic mass is 10.2. The number of nitrogens with zero attached hydrogens (tertiary/aromatic N) is 1. The van der Waals surface area contributed by atoms with Crippen LogP contribution in [-0.4, -0.2) is 11.0 Å². The minimum atomic E-state index is -0.498. The molecule has 0 amide bonds. The van der Waals surface area contributed by atoms with Crippen molar-refractivity contribution in [3.05, 3.63) is 53.7 Å². The molecule has 2 aromatic rings. The second-order valence-corrected chi connectivity index (χ2v) is 3.49. The van der Waals surface area contributed by atoms with Gasteiger partial charge in [-0.3, -0.25) is 0 Å². The fourth-order valence-electron chi connectivity index (χ4n) is 1.43. The zero-order valence-electron chi connectivity index (χ0n) is 9.34. The van der Waals surface area contributed by atoms with E-state index in [2.05, 4.69) is 5.16 Å². The molecule has 18 heavy (non-hydrogen) atoms. The molecule has 1 aromatic heterocycles. The van der Waals surface area contributed by atoms with E-state index in [0.717, 1.165) is 6.07 Å². The second kappa shape index (κ2) is 5.22. The van der Waals surface area contributed by atoms with Crippen molar-refractivity contribution in [3.8, 4) is 5.75 Å². The summed E-state index contributed by atoms with van der Waals surface area (Å²) in [6, 6.07) is 7.24. The Morgan fingerprint density at radius 3 is 2.94 bits per heavy atom. The Balaban J connectivity index is 2.21. The van der Waals surface area contributed by atoms with Crippen LogP contribution >= 0.6 is 0 Å². The summed E-state index contributed by atoms with van der Waals surface area (Å²) in [5.41, 5.74) is 5.63. The standard InChI is InChI=1S/C12H11FN2O3/c13-8-3-4-11(10(6-8)12(14)15-16)18-7-9-2-1-5-17-9/h1-6,16H,7H2,(H2,14,15). The second-order valence-electron chi connectivity index (χ2n) is 3.49. The molecule has 5 nitrogen and oxygen atoms in total. The highest BCUT2D eigenvalue weighted by Crippen LogP contribution is 2.20. The molecule has 0 bridgehead atoms. The molecule has 6 heteroatoms. The molecule has 0 spiro atoms. The number of hydrogen-bond donors (Lipinski definition) is 2. The molecular weight excluding hydrogens is 239 g/mol. The third-order valence-electron chi connectivity index (χ3n) is 2.28. The van der Waals surface area contributed by atoms with E-state index < -0.39 is 5.82 Å². The van der Waals surface area contributed by atoms with Gasteiger partial charge in [0.25, 0.3) is 0 Å². The lowest BCUT2D eigenvalue weighted by Gasteiger charge is -2.09. The van der Waals surface area contributed by atoms with Gasteiger partial charge in [0.05, 0.1) is 11.8 Å². The van der Waals surface area contributed by atoms with Crippen LogP contribution in [0.4, 0.5) is 4.39 Å². The highest BCUT2D eigenvalue weighted by Gasteiger charge is 2.10. The topological polar surface area (TPSA) is 81.0 Å². The predicted molar refractivity (Wildman–Crippen MR) is 62.0 cm³/mol. The molecule has 3 N–H and O–H groups in total. The number of hydrogen-bond acceptors (Lipinski definition) is 4. The molecule has 1 aromatic carbocycles. The van der Waals surface area contributed by atoms with E-state index in [0.29, 0.717) is 11.5 Å². The van der Waals surface area contributed by atoms with Gasteiger partial charge in [-0.15, -0.1) is 0 Å². The number of benzene rings is 1. The number of rotatable bonds is 4. The molecule has 2 rings (SSSR count). The molecule has 94 valence electrons. The molecule has 0 aliphatic heterocycles. The Kier molecular flexibility index (Phi) is 3.47. The Bertz CT molecular complexity index is 552. The molecule has 0 saturated heterocycles. The molecule has 0 fully saturated rings. The minimum absolute atomic E-state index is 0.171. The fraction of sp³-hybridized carbons (Fsp3) is 0.0833. The van der Waals surface area contributed by atoms with Crippen molar-refractivity contribution in [2.45, 2.75) is 6.61 Å². The number of halogens is 1. The summed E-state index contributed by atoms with van der Waals surface area (Å²) >= 11 is 0. The van der Waals surface area contributed by atoms with Crippen LogP contribution in [0.1, 0.15) is 11.3 Å². The Labute approximate surface area is 102 Å². The van der Waals surface area contributed by atoms with Crippen LogP contribution in [0.3, 0.4) is 0 Å². The van der Waals surface area contributed by atoms with E-state index in [9.17, 15) is 4.39 Å². The first-order valence-electron chi connectivity index (χ1n) is 5.13. The van der Waals surface area contributed by atoms with Crippen LogP contribution in [0.5, 0.6) is 5.75 Å². The molecule has 0 aliphatic carbocycles. The van der Waals surface area contributed by atoms with Crippen molar-refractivity contribution >= 4 is 5.84 Å². The van der Waals surface area contributed by atoms with Crippen LogP contribution in [0.2, 0.25) is 0 Å². The van der Waals surface area contributed by atoms with Gasteiger partial charge in [0.15, 0.2) is 5.84 Å². The lowest BCUT2D eigenvalue weighted by molar-refractivity contribution is 0.269. The van der Waals surface area contributed by atoms with Gasteiger partial charge in [-0.25, -0.2) is 4.39 Å². The van der Waals surface area contributed by atoms with E-state index in [1.807, 2.05) is 0 Å². The summed E-state index contributed by atoms with van der Waals surface area (Å²) in [6.45, 7) is 0.171. The SMILES string of the molecule is NC(=NO)c1cc(F)ccc1OCc1ccco1. The van der Waals surface area contributed by atoms with Crippen LogP contribution in [0.15, 0.2) is 46.2 Å². The van der Waals surface area contributed by atoms with Gasteiger partial charge in [0, 0.05) is 0 Å². The maximum Gasteiger partial charge on any atom is 0.173 e. The quantitative estimate of drug-likeness (QED) is 0.377. The van der Waals surface area contributed by atoms with Crippen LogP contribution in [0.25, 0.3) is 0 Å². The number of amidine groups is 1. The number of furan rings is 1. The number of oxime groups is 1. The Morgan fingerprint density at radius 2 is 2.28 bits per heavy atom. The van der Waals surface area contributed by atoms with Crippen molar-refractivity contribution < 1.29 is 18.8 Å². The summed E-state index contributed by atoms with van der Waals surface area (Å²) in [5, 5.41) is 11.5. The maximum atomic E-state index is 13.1. The van der Waals surface area contributed by atoms with Gasteiger partial charge < -0.3 is 20.1 Å². The molecular formula is C12H11FN2O3. The van der Waals surface area contributed by atoms with Gasteiger partial charge in [-0.2, -0.15) is 0 Å². The van der Waals surface area contributed by atoms with E-state index in [1.54, 1.807) is 12.1 Å². The summed E-state index contributed by atoms with van der Waals surface area (Å²) in [4.78, 5) is 0. The maximum absolute atomic E-state index is 13.1. The summed E-state index contributed by atoms with van der Waals surface area (Å²) in [6.07, 6.45) is 1.52. The van der Waals surface area contributed by atoms with E-state index in [4.69, 9.17) is 20.1 Å². The van der Waals surface area contributed by atoms with Crippen LogP contribution in [0, 0.1) is 5.82 Å². The molecule has 0 unspecified atom stereocenters. The first-order valence-corrected chi connectivity index (χ1v) is 5.13. The zero-order valence-corrected chi connectivity index (χ0v) is 9.34. The van der Waals surface area contributed by atoms with Crippen molar-refractivity contribution in [1.82, 2.24) is 0 Å². The third kappa shape index (κ3) is 2.60. The van der Waals surface area contributed by atoms with E-state index >= 15 is 0 Å². The van der Waals surface area contributed by atoms with E-state index in [-0.39, 0.29) is 18.0 Å². The third-order valence-corrected chi connectivity index (χ3v) is 2.28. The molecule has 1 heterocycles. The summed E-state index contributed by atoms with van der Waals surface area (Å²) in [5.74, 6) is 0.207. The zero-order chi connectivity index (χ0) is 13.0. The van der Waals surface area contributed by atoms with Crippen molar-refractivity contribution in [2.75, 3.05) is 0 Å². The predicted octanol–water partition coefficient (Wildman–Crippen LogP) is 2.09. The highest BCUT2D eigenvalue weighted by molar-refractivity contribution is 5.99. The summed E-state index contributed by atoms with van der Waals surface area (Å²) in [7, 11) is 0. The number of nitrogens with two attached hydrogens (primary N) is 1. The summed E-state index contributed by atoms with van der Waals surface area (Å²) < 4.78 is 23.6. The van der Waals surface area contributed by atoms with Gasteiger partial charge in [-0.1, -0.05) is 5.16 Å². The smallest absolute Gasteiger partial charge is 0.173 e. The van der Waals surface area contributed by atoms with Crippen LogP contribution in [-0.2, 0) is 6.61 Å². The number of ether oxygens (including phenoxy) is 1. The van der Waals surface area contributed by atoms with Crippen molar-refractivity contribution in [3.63, 3.8) is 0 Å². The van der Waals surface area contributed by atoms with Gasteiger partial charge >= 0.3 is 0 Å². The van der Waals surface area contributed by atoms with Gasteiger partial charge in [0.1, 0.15) is 23.9 Å². The van der Waals surface area contributed by atoms with Gasteiger partial charge in [-0.05, 0) is 30.3 Å². The normalized spacial score (nSPS) is 11.5.